The molecule has 0 aliphatic rings. The van der Waals surface area contributed by atoms with Crippen molar-refractivity contribution in [3.05, 3.63) is 59.1 Å². The second-order valence-electron chi connectivity index (χ2n) is 3.54. The molecule has 2 rings (SSSR count). The smallest absolute Gasteiger partial charge is 0.124 e. The summed E-state index contributed by atoms with van der Waals surface area (Å²) in [6.45, 7) is 1.82. The van der Waals surface area contributed by atoms with Gasteiger partial charge in [-0.25, -0.2) is 8.42 Å². The molecule has 0 saturated heterocycles. The highest BCUT2D eigenvalue weighted by Gasteiger charge is 2.04. The molecule has 17 heavy (non-hydrogen) atoms. The second-order valence-corrected chi connectivity index (χ2v) is 5.15. The van der Waals surface area contributed by atoms with Crippen LogP contribution < -0.4 is 0 Å². The average Bonchev–Trinajstić information content (AvgIpc) is 2.33. The monoisotopic (exact) mass is 247 g/mol. The van der Waals surface area contributed by atoms with Crippen LogP contribution in [-0.2, 0) is 10.0 Å². The Balaban J connectivity index is 2.34. The first kappa shape index (κ1) is 11.6. The summed E-state index contributed by atoms with van der Waals surface area (Å²) in [6, 6.07) is 10.1. The van der Waals surface area contributed by atoms with Gasteiger partial charge < -0.3 is 4.72 Å². The third-order valence-corrected chi connectivity index (χ3v) is 3.54. The topological polar surface area (TPSA) is 61.1 Å². The van der Waals surface area contributed by atoms with Gasteiger partial charge in [0.15, 0.2) is 0 Å². The van der Waals surface area contributed by atoms with Crippen molar-refractivity contribution in [3.63, 3.8) is 0 Å². The number of aromatic nitrogens is 1. The number of sulfonamides is 1. The highest BCUT2D eigenvalue weighted by Crippen LogP contribution is 2.29. The van der Waals surface area contributed by atoms with Crippen LogP contribution in [0.1, 0.15) is 5.56 Å². The van der Waals surface area contributed by atoms with Crippen molar-refractivity contribution < 1.29 is 8.42 Å². The molecule has 1 aromatic carbocycles. The van der Waals surface area contributed by atoms with Crippen LogP contribution >= 0.6 is 0 Å². The summed E-state index contributed by atoms with van der Waals surface area (Å²) in [4.78, 5) is 3.88. The van der Waals surface area contributed by atoms with E-state index in [1.54, 1.807) is 18.2 Å². The molecular formula is C12H11N2O2S-. The minimum Gasteiger partial charge on any atom is -0.572 e. The van der Waals surface area contributed by atoms with Gasteiger partial charge >= 0.3 is 0 Å². The summed E-state index contributed by atoms with van der Waals surface area (Å²) in [7, 11) is -3.67. The molecule has 1 aromatic heterocycles. The molecular weight excluding hydrogens is 236 g/mol. The molecule has 0 N–H and O–H groups in total. The minimum absolute atomic E-state index is 0.100. The Hall–Kier alpha value is -1.88. The third-order valence-electron chi connectivity index (χ3n) is 2.27. The van der Waals surface area contributed by atoms with Crippen LogP contribution in [0.4, 0.5) is 5.69 Å². The fourth-order valence-corrected chi connectivity index (χ4v) is 2.36. The third kappa shape index (κ3) is 2.62. The molecule has 0 bridgehead atoms. The molecule has 88 valence electrons. The maximum atomic E-state index is 11.9. The summed E-state index contributed by atoms with van der Waals surface area (Å²) in [5, 5.41) is 0. The Morgan fingerprint density at radius 3 is 2.53 bits per heavy atom. The lowest BCUT2D eigenvalue weighted by atomic mass is 10.2. The van der Waals surface area contributed by atoms with Crippen LogP contribution in [-0.4, -0.2) is 13.4 Å². The van der Waals surface area contributed by atoms with Gasteiger partial charge in [0.25, 0.3) is 0 Å². The van der Waals surface area contributed by atoms with Crippen LogP contribution in [0.25, 0.3) is 4.72 Å². The average molecular weight is 247 g/mol. The number of nitrogens with zero attached hydrogens (tertiary/aromatic N) is 2. The van der Waals surface area contributed by atoms with Crippen LogP contribution in [0, 0.1) is 6.92 Å². The number of hydrogen-bond acceptors (Lipinski definition) is 3. The van der Waals surface area contributed by atoms with E-state index >= 15 is 0 Å². The summed E-state index contributed by atoms with van der Waals surface area (Å²) in [5.41, 5.74) is 1.27. The van der Waals surface area contributed by atoms with E-state index in [1.807, 2.05) is 19.1 Å². The van der Waals surface area contributed by atoms with Crippen molar-refractivity contribution >= 4 is 15.7 Å². The molecule has 0 aliphatic heterocycles. The van der Waals surface area contributed by atoms with Crippen LogP contribution in [0.15, 0.2) is 53.7 Å². The Labute approximate surface area is 100 Å². The molecule has 2 aromatic rings. The highest BCUT2D eigenvalue weighted by molar-refractivity contribution is 7.94. The van der Waals surface area contributed by atoms with Gasteiger partial charge in [-0.15, -0.1) is 5.69 Å². The van der Waals surface area contributed by atoms with Gasteiger partial charge in [0.1, 0.15) is 10.0 Å². The molecule has 4 nitrogen and oxygen atoms in total. The first-order valence-electron chi connectivity index (χ1n) is 5.03. The number of aryl methyl sites for hydroxylation is 1. The van der Waals surface area contributed by atoms with Crippen LogP contribution in [0.2, 0.25) is 0 Å². The van der Waals surface area contributed by atoms with E-state index in [4.69, 9.17) is 0 Å². The lowest BCUT2D eigenvalue weighted by Gasteiger charge is -2.23. The molecule has 0 atom stereocenters. The largest absolute Gasteiger partial charge is 0.572 e. The SMILES string of the molecule is Cc1ccccc1[N-]S(=O)(=O)c1cccnc1. The summed E-state index contributed by atoms with van der Waals surface area (Å²) < 4.78 is 27.7. The van der Waals surface area contributed by atoms with E-state index in [2.05, 4.69) is 9.71 Å². The fraction of sp³-hybridized carbons (Fsp3) is 0.0833. The first-order valence-corrected chi connectivity index (χ1v) is 6.47. The second kappa shape index (κ2) is 4.55. The van der Waals surface area contributed by atoms with Crippen molar-refractivity contribution in [3.8, 4) is 0 Å². The van der Waals surface area contributed by atoms with Gasteiger partial charge in [-0.3, -0.25) is 4.98 Å². The normalized spacial score (nSPS) is 11.1. The predicted molar refractivity (Wildman–Crippen MR) is 65.6 cm³/mol. The van der Waals surface area contributed by atoms with Crippen LogP contribution in [0.5, 0.6) is 0 Å². The Morgan fingerprint density at radius 2 is 1.88 bits per heavy atom. The predicted octanol–water partition coefficient (Wildman–Crippen LogP) is 2.78. The maximum absolute atomic E-state index is 11.9. The van der Waals surface area contributed by atoms with Gasteiger partial charge in [0.2, 0.25) is 0 Å². The van der Waals surface area contributed by atoms with E-state index < -0.39 is 10.0 Å². The minimum atomic E-state index is -3.67. The Morgan fingerprint density at radius 1 is 1.12 bits per heavy atom. The van der Waals surface area contributed by atoms with Gasteiger partial charge in [0.05, 0.1) is 4.90 Å². The molecule has 0 unspecified atom stereocenters. The van der Waals surface area contributed by atoms with Gasteiger partial charge in [-0.2, -0.15) is 0 Å². The molecule has 0 radical (unpaired) electrons. The zero-order chi connectivity index (χ0) is 12.3. The maximum Gasteiger partial charge on any atom is 0.124 e. The van der Waals surface area contributed by atoms with Gasteiger partial charge in [-0.1, -0.05) is 29.8 Å². The number of benzene rings is 1. The number of pyridine rings is 1. The number of hydrogen-bond donors (Lipinski definition) is 0. The van der Waals surface area contributed by atoms with E-state index in [0.29, 0.717) is 5.69 Å². The van der Waals surface area contributed by atoms with Crippen molar-refractivity contribution in [1.82, 2.24) is 4.98 Å². The molecule has 5 heteroatoms. The Kier molecular flexibility index (Phi) is 3.10. The lowest BCUT2D eigenvalue weighted by Crippen LogP contribution is -1.98. The molecule has 1 heterocycles. The van der Waals surface area contributed by atoms with E-state index in [0.717, 1.165) is 5.56 Å². The summed E-state index contributed by atoms with van der Waals surface area (Å²) in [5.74, 6) is 0. The van der Waals surface area contributed by atoms with Crippen LogP contribution in [0.3, 0.4) is 0 Å². The lowest BCUT2D eigenvalue weighted by molar-refractivity contribution is 0.603. The standard InChI is InChI=1S/C12H11N2O2S/c1-10-5-2-3-7-12(10)14-17(15,16)11-6-4-8-13-9-11/h2-9H,1H3/q-1. The quantitative estimate of drug-likeness (QED) is 0.837. The zero-order valence-corrected chi connectivity index (χ0v) is 10.1. The molecule has 0 fully saturated rings. The Bertz CT molecular complexity index is 609. The first-order chi connectivity index (χ1) is 8.09. The van der Waals surface area contributed by atoms with Crippen molar-refractivity contribution in [2.75, 3.05) is 0 Å². The van der Waals surface area contributed by atoms with E-state index in [1.165, 1.54) is 18.5 Å². The van der Waals surface area contributed by atoms with Gasteiger partial charge in [-0.05, 0) is 19.1 Å². The summed E-state index contributed by atoms with van der Waals surface area (Å²) in [6.07, 6.45) is 2.81. The highest BCUT2D eigenvalue weighted by atomic mass is 32.2. The molecule has 0 spiro atoms. The van der Waals surface area contributed by atoms with Crippen molar-refractivity contribution in [1.29, 1.82) is 0 Å². The summed E-state index contributed by atoms with van der Waals surface area (Å²) >= 11 is 0. The molecule has 0 amide bonds. The molecule has 0 aliphatic carbocycles. The van der Waals surface area contributed by atoms with E-state index in [9.17, 15) is 8.42 Å². The van der Waals surface area contributed by atoms with E-state index in [-0.39, 0.29) is 4.90 Å². The zero-order valence-electron chi connectivity index (χ0n) is 9.24. The number of rotatable bonds is 3. The van der Waals surface area contributed by atoms with Gasteiger partial charge in [0, 0.05) is 12.4 Å². The van der Waals surface area contributed by atoms with Crippen molar-refractivity contribution in [2.45, 2.75) is 11.8 Å². The fourth-order valence-electron chi connectivity index (χ4n) is 1.35. The molecule has 0 saturated carbocycles. The van der Waals surface area contributed by atoms with Crippen molar-refractivity contribution in [2.24, 2.45) is 0 Å².